The lowest BCUT2D eigenvalue weighted by atomic mass is 10.1. The average Bonchev–Trinajstić information content (AvgIpc) is 2.90. The van der Waals surface area contributed by atoms with Gasteiger partial charge in [0.05, 0.1) is 17.1 Å². The van der Waals surface area contributed by atoms with Gasteiger partial charge in [0.25, 0.3) is 0 Å². The monoisotopic (exact) mass is 484 g/mol. The highest BCUT2D eigenvalue weighted by molar-refractivity contribution is 6.31. The lowest BCUT2D eigenvalue weighted by Gasteiger charge is -2.03. The average molecular weight is 485 g/mol. The van der Waals surface area contributed by atoms with Gasteiger partial charge < -0.3 is 0 Å². The first-order valence-corrected chi connectivity index (χ1v) is 14.4. The molecule has 0 aromatic heterocycles. The maximum atomic E-state index is 4.97. The summed E-state index contributed by atoms with van der Waals surface area (Å²) in [5, 5.41) is 0. The first-order chi connectivity index (χ1) is 17.7. The van der Waals surface area contributed by atoms with Crippen LogP contribution < -0.4 is 0 Å². The number of unbranched alkanes of at least 4 members (excludes halogenated alkanes) is 9. The molecule has 2 rings (SSSR count). The van der Waals surface area contributed by atoms with Gasteiger partial charge in [-0.05, 0) is 73.9 Å². The van der Waals surface area contributed by atoms with E-state index in [1.54, 1.807) is 0 Å². The Morgan fingerprint density at radius 2 is 1.19 bits per heavy atom. The van der Waals surface area contributed by atoms with E-state index in [1.807, 2.05) is 6.21 Å². The Kier molecular flexibility index (Phi) is 15.9. The molecule has 0 spiro atoms. The summed E-state index contributed by atoms with van der Waals surface area (Å²) >= 11 is 0. The number of hydrogen-bond acceptors (Lipinski definition) is 2. The Morgan fingerprint density at radius 3 is 1.78 bits per heavy atom. The van der Waals surface area contributed by atoms with Gasteiger partial charge >= 0.3 is 0 Å². The van der Waals surface area contributed by atoms with Gasteiger partial charge in [-0.1, -0.05) is 114 Å². The summed E-state index contributed by atoms with van der Waals surface area (Å²) in [7, 11) is 0. The first-order valence-electron chi connectivity index (χ1n) is 14.4. The van der Waals surface area contributed by atoms with E-state index >= 15 is 0 Å². The smallest absolute Gasteiger partial charge is 0.0639 e. The molecular weight excluding hydrogens is 436 g/mol. The summed E-state index contributed by atoms with van der Waals surface area (Å²) in [6, 6.07) is 17.0. The molecule has 0 radical (unpaired) electrons. The van der Waals surface area contributed by atoms with Crippen LogP contribution in [0.4, 0.5) is 11.4 Å². The number of nitrogens with zero attached hydrogens (tertiary/aromatic N) is 2. The number of allylic oxidation sites excluding steroid dienone is 2. The van der Waals surface area contributed by atoms with E-state index in [0.29, 0.717) is 0 Å². The second-order valence-corrected chi connectivity index (χ2v) is 9.66. The number of rotatable bonds is 18. The van der Waals surface area contributed by atoms with Crippen molar-refractivity contribution in [1.82, 2.24) is 0 Å². The minimum atomic E-state index is 0.939. The van der Waals surface area contributed by atoms with Crippen LogP contribution in [-0.2, 0) is 0 Å². The van der Waals surface area contributed by atoms with Crippen LogP contribution in [0.3, 0.4) is 0 Å². The van der Waals surface area contributed by atoms with Crippen molar-refractivity contribution in [3.63, 3.8) is 0 Å². The van der Waals surface area contributed by atoms with Crippen LogP contribution in [0, 0.1) is 0 Å². The largest absolute Gasteiger partial charge is 0.255 e. The number of hydrogen-bond donors (Lipinski definition) is 0. The number of aliphatic imine (C=N–C) groups is 2. The second-order valence-electron chi connectivity index (χ2n) is 9.66. The van der Waals surface area contributed by atoms with Crippen molar-refractivity contribution in [2.45, 2.75) is 104 Å². The van der Waals surface area contributed by atoms with Crippen molar-refractivity contribution < 1.29 is 0 Å². The Hall–Kier alpha value is -2.74. The summed E-state index contributed by atoms with van der Waals surface area (Å²) in [4.78, 5) is 9.76. The van der Waals surface area contributed by atoms with Crippen LogP contribution in [0.15, 0.2) is 70.7 Å². The summed E-state index contributed by atoms with van der Waals surface area (Å²) in [5.41, 5.74) is 5.44. The molecular formula is C34H48N2. The molecule has 0 aliphatic carbocycles. The zero-order chi connectivity index (χ0) is 25.7. The molecule has 2 nitrogen and oxygen atoms in total. The fourth-order valence-electron chi connectivity index (χ4n) is 4.05. The molecule has 2 aromatic carbocycles. The molecule has 0 amide bonds. The van der Waals surface area contributed by atoms with Crippen molar-refractivity contribution >= 4 is 35.5 Å². The molecule has 0 heterocycles. The molecule has 36 heavy (non-hydrogen) atoms. The molecule has 0 N–H and O–H groups in total. The van der Waals surface area contributed by atoms with Gasteiger partial charge in [0.15, 0.2) is 0 Å². The molecule has 2 heteroatoms. The van der Waals surface area contributed by atoms with E-state index in [9.17, 15) is 0 Å². The van der Waals surface area contributed by atoms with Gasteiger partial charge in [0.2, 0.25) is 0 Å². The summed E-state index contributed by atoms with van der Waals surface area (Å²) in [5.74, 6) is 0. The van der Waals surface area contributed by atoms with E-state index in [4.69, 9.17) is 9.98 Å². The van der Waals surface area contributed by atoms with Crippen molar-refractivity contribution in [3.05, 3.63) is 71.8 Å². The van der Waals surface area contributed by atoms with Crippen molar-refractivity contribution in [3.8, 4) is 0 Å². The summed E-state index contributed by atoms with van der Waals surface area (Å²) in [6.07, 6.45) is 26.9. The van der Waals surface area contributed by atoms with E-state index < -0.39 is 0 Å². The van der Waals surface area contributed by atoms with E-state index in [2.05, 4.69) is 93.6 Å². The van der Waals surface area contributed by atoms with Crippen LogP contribution >= 0.6 is 0 Å². The van der Waals surface area contributed by atoms with Crippen LogP contribution in [0.25, 0.3) is 12.2 Å². The maximum Gasteiger partial charge on any atom is 0.0639 e. The Morgan fingerprint density at radius 1 is 0.639 bits per heavy atom. The molecule has 194 valence electrons. The Bertz CT molecular complexity index is 965. The minimum Gasteiger partial charge on any atom is -0.255 e. The lowest BCUT2D eigenvalue weighted by Crippen LogP contribution is -1.99. The molecule has 0 aliphatic heterocycles. The molecule has 0 saturated carbocycles. The Labute approximate surface area is 221 Å². The molecule has 2 aromatic rings. The first kappa shape index (κ1) is 29.5. The van der Waals surface area contributed by atoms with E-state index in [1.165, 1.54) is 62.5 Å². The highest BCUT2D eigenvalue weighted by Crippen LogP contribution is 2.19. The summed E-state index contributed by atoms with van der Waals surface area (Å²) < 4.78 is 0. The van der Waals surface area contributed by atoms with Gasteiger partial charge in [-0.15, -0.1) is 0 Å². The molecule has 0 aliphatic rings. The van der Waals surface area contributed by atoms with Crippen LogP contribution in [0.2, 0.25) is 0 Å². The van der Waals surface area contributed by atoms with Crippen molar-refractivity contribution in [2.24, 2.45) is 9.98 Å². The third kappa shape index (κ3) is 13.4. The lowest BCUT2D eigenvalue weighted by molar-refractivity contribution is 0.675. The van der Waals surface area contributed by atoms with Gasteiger partial charge in [0, 0.05) is 6.21 Å². The molecule has 0 unspecified atom stereocenters. The van der Waals surface area contributed by atoms with Crippen molar-refractivity contribution in [1.29, 1.82) is 0 Å². The van der Waals surface area contributed by atoms with Gasteiger partial charge in [-0.3, -0.25) is 9.98 Å². The van der Waals surface area contributed by atoms with Gasteiger partial charge in [-0.25, -0.2) is 0 Å². The maximum absolute atomic E-state index is 4.97. The van der Waals surface area contributed by atoms with E-state index in [-0.39, 0.29) is 0 Å². The third-order valence-corrected chi connectivity index (χ3v) is 6.23. The van der Waals surface area contributed by atoms with Crippen LogP contribution in [0.5, 0.6) is 0 Å². The molecule has 0 bridgehead atoms. The highest BCUT2D eigenvalue weighted by Gasteiger charge is 1.99. The molecule has 0 saturated heterocycles. The molecule has 0 fully saturated rings. The predicted molar refractivity (Wildman–Crippen MR) is 163 cm³/mol. The standard InChI is InChI=1S/C34H48N2/c1-4-7-10-12-14-16-20-30-22-18-25-32(27-30)35-29-34(24-9-6-3)36-33-26-19-23-31(28-33)21-17-15-13-11-8-5-2/h16-23,25-29H,4-15,24H2,1-3H3. The quantitative estimate of drug-likeness (QED) is 0.148. The zero-order valence-corrected chi connectivity index (χ0v) is 23.1. The fourth-order valence-corrected chi connectivity index (χ4v) is 4.05. The minimum absolute atomic E-state index is 0.939. The SMILES string of the molecule is CCCCCCC=Cc1cccc(N=CC(CCCC)=Nc2cccc(C=CCCCCCC)c2)c1. The van der Waals surface area contributed by atoms with E-state index in [0.717, 1.165) is 49.2 Å². The number of benzene rings is 2. The van der Waals surface area contributed by atoms with Crippen molar-refractivity contribution in [2.75, 3.05) is 0 Å². The third-order valence-electron chi connectivity index (χ3n) is 6.23. The van der Waals surface area contributed by atoms with Crippen LogP contribution in [-0.4, -0.2) is 11.9 Å². The normalized spacial score (nSPS) is 12.5. The fraction of sp³-hybridized carbons (Fsp3) is 0.471. The highest BCUT2D eigenvalue weighted by atomic mass is 14.8. The van der Waals surface area contributed by atoms with Gasteiger partial charge in [0.1, 0.15) is 0 Å². The Balaban J connectivity index is 2.04. The molecule has 0 atom stereocenters. The summed E-state index contributed by atoms with van der Waals surface area (Å²) in [6.45, 7) is 6.73. The second kappa shape index (κ2) is 19.4. The topological polar surface area (TPSA) is 24.7 Å². The van der Waals surface area contributed by atoms with Gasteiger partial charge in [-0.2, -0.15) is 0 Å². The zero-order valence-electron chi connectivity index (χ0n) is 23.1. The van der Waals surface area contributed by atoms with Crippen LogP contribution in [0.1, 0.15) is 115 Å². The predicted octanol–water partition coefficient (Wildman–Crippen LogP) is 11.3.